The number of ether oxygens (including phenoxy) is 1. The number of carbonyl (C=O) groups excluding carboxylic acids is 1. The predicted octanol–water partition coefficient (Wildman–Crippen LogP) is 2.09. The fourth-order valence-electron chi connectivity index (χ4n) is 2.92. The smallest absolute Gasteiger partial charge is 0.230 e. The molecule has 2 aromatic heterocycles. The number of rotatable bonds is 9. The Balaban J connectivity index is 1.51. The number of amides is 1. The summed E-state index contributed by atoms with van der Waals surface area (Å²) >= 11 is 1.28. The lowest BCUT2D eigenvalue weighted by molar-refractivity contribution is -0.118. The highest BCUT2D eigenvalue weighted by molar-refractivity contribution is 7.99. The van der Waals surface area contributed by atoms with Crippen molar-refractivity contribution in [3.63, 3.8) is 0 Å². The molecule has 0 radical (unpaired) electrons. The number of aromatic nitrogens is 6. The van der Waals surface area contributed by atoms with Crippen LogP contribution < -0.4 is 10.1 Å². The van der Waals surface area contributed by atoms with E-state index in [1.54, 1.807) is 11.8 Å². The summed E-state index contributed by atoms with van der Waals surface area (Å²) in [6.07, 6.45) is 0.816. The first kappa shape index (κ1) is 20.8. The number of aryl methyl sites for hydroxylation is 4. The van der Waals surface area contributed by atoms with Gasteiger partial charge >= 0.3 is 0 Å². The maximum Gasteiger partial charge on any atom is 0.230 e. The molecule has 0 saturated carbocycles. The van der Waals surface area contributed by atoms with Crippen molar-refractivity contribution in [2.24, 2.45) is 0 Å². The van der Waals surface area contributed by atoms with Crippen LogP contribution in [0.2, 0.25) is 0 Å². The molecule has 0 fully saturated rings. The quantitative estimate of drug-likeness (QED) is 0.422. The van der Waals surface area contributed by atoms with Crippen molar-refractivity contribution in [3.8, 4) is 11.4 Å². The van der Waals surface area contributed by atoms with Crippen LogP contribution in [0.4, 0.5) is 0 Å². The monoisotopic (exact) mass is 415 g/mol. The van der Waals surface area contributed by atoms with Gasteiger partial charge in [-0.3, -0.25) is 9.48 Å². The maximum atomic E-state index is 12.2. The van der Waals surface area contributed by atoms with Crippen molar-refractivity contribution in [1.82, 2.24) is 35.3 Å². The summed E-state index contributed by atoms with van der Waals surface area (Å²) in [5, 5.41) is 19.7. The first-order chi connectivity index (χ1) is 14.0. The highest BCUT2D eigenvalue weighted by Crippen LogP contribution is 2.26. The Morgan fingerprint density at radius 2 is 2.07 bits per heavy atom. The topological polar surface area (TPSA) is 99.8 Å². The molecule has 0 bridgehead atoms. The van der Waals surface area contributed by atoms with E-state index in [2.05, 4.69) is 25.9 Å². The van der Waals surface area contributed by atoms with Crippen molar-refractivity contribution in [2.75, 3.05) is 19.4 Å². The van der Waals surface area contributed by atoms with E-state index in [0.717, 1.165) is 35.6 Å². The molecule has 0 unspecified atom stereocenters. The summed E-state index contributed by atoms with van der Waals surface area (Å²) in [5.41, 5.74) is 3.94. The van der Waals surface area contributed by atoms with E-state index in [4.69, 9.17) is 4.74 Å². The molecule has 1 N–H and O–H groups in total. The first-order valence-electron chi connectivity index (χ1n) is 9.32. The largest absolute Gasteiger partial charge is 0.494 e. The Kier molecular flexibility index (Phi) is 6.86. The van der Waals surface area contributed by atoms with Crippen LogP contribution in [0.25, 0.3) is 5.69 Å². The number of methoxy groups -OCH3 is 1. The van der Waals surface area contributed by atoms with Crippen LogP contribution in [-0.2, 0) is 11.3 Å². The van der Waals surface area contributed by atoms with Crippen molar-refractivity contribution >= 4 is 17.7 Å². The minimum absolute atomic E-state index is 0.0610. The molecule has 3 rings (SSSR count). The molecule has 1 aromatic carbocycles. The molecule has 2 heterocycles. The van der Waals surface area contributed by atoms with Gasteiger partial charge in [0, 0.05) is 18.8 Å². The summed E-state index contributed by atoms with van der Waals surface area (Å²) in [5.74, 6) is 0.835. The van der Waals surface area contributed by atoms with Gasteiger partial charge < -0.3 is 10.1 Å². The number of benzene rings is 1. The van der Waals surface area contributed by atoms with Crippen molar-refractivity contribution in [2.45, 2.75) is 38.9 Å². The third-order valence-corrected chi connectivity index (χ3v) is 5.23. The Hall–Kier alpha value is -2.88. The molecule has 0 aliphatic heterocycles. The van der Waals surface area contributed by atoms with Crippen LogP contribution in [0.1, 0.15) is 23.4 Å². The van der Waals surface area contributed by atoms with Gasteiger partial charge in [-0.05, 0) is 61.4 Å². The molecule has 0 spiro atoms. The van der Waals surface area contributed by atoms with Crippen LogP contribution in [0.15, 0.2) is 29.4 Å². The van der Waals surface area contributed by atoms with Gasteiger partial charge in [-0.15, -0.1) is 5.10 Å². The van der Waals surface area contributed by atoms with Crippen molar-refractivity contribution in [3.05, 3.63) is 41.2 Å². The molecule has 29 heavy (non-hydrogen) atoms. The predicted molar refractivity (Wildman–Crippen MR) is 110 cm³/mol. The molecule has 154 valence electrons. The zero-order valence-corrected chi connectivity index (χ0v) is 17.9. The molecule has 10 heteroatoms. The second kappa shape index (κ2) is 9.55. The molecular formula is C19H25N7O2S. The lowest BCUT2D eigenvalue weighted by atomic mass is 10.2. The van der Waals surface area contributed by atoms with E-state index >= 15 is 0 Å². The number of nitrogens with zero attached hydrogens (tertiary/aromatic N) is 6. The number of tetrazole rings is 1. The first-order valence-corrected chi connectivity index (χ1v) is 10.3. The zero-order chi connectivity index (χ0) is 20.8. The summed E-state index contributed by atoms with van der Waals surface area (Å²) < 4.78 is 8.95. The molecule has 0 saturated heterocycles. The van der Waals surface area contributed by atoms with Gasteiger partial charge in [0.25, 0.3) is 0 Å². The average Bonchev–Trinajstić information content (AvgIpc) is 3.29. The second-order valence-electron chi connectivity index (χ2n) is 6.69. The molecule has 0 aliphatic rings. The number of carbonyl (C=O) groups is 1. The van der Waals surface area contributed by atoms with Gasteiger partial charge in [0.1, 0.15) is 11.4 Å². The Morgan fingerprint density at radius 1 is 1.24 bits per heavy atom. The fraction of sp³-hybridized carbons (Fsp3) is 0.421. The Bertz CT molecular complexity index is 983. The number of nitrogens with one attached hydrogen (secondary N) is 1. The van der Waals surface area contributed by atoms with Gasteiger partial charge in [0.05, 0.1) is 18.6 Å². The summed E-state index contributed by atoms with van der Waals surface area (Å²) in [7, 11) is 1.60. The third kappa shape index (κ3) is 5.35. The van der Waals surface area contributed by atoms with E-state index in [0.29, 0.717) is 17.5 Å². The third-order valence-electron chi connectivity index (χ3n) is 4.31. The van der Waals surface area contributed by atoms with Crippen LogP contribution in [0.5, 0.6) is 5.75 Å². The van der Waals surface area contributed by atoms with Gasteiger partial charge in [0.15, 0.2) is 0 Å². The Morgan fingerprint density at radius 3 is 2.79 bits per heavy atom. The minimum Gasteiger partial charge on any atom is -0.494 e. The van der Waals surface area contributed by atoms with Crippen LogP contribution in [0.3, 0.4) is 0 Å². The summed E-state index contributed by atoms with van der Waals surface area (Å²) in [6, 6.07) is 7.82. The van der Waals surface area contributed by atoms with E-state index < -0.39 is 0 Å². The van der Waals surface area contributed by atoms with Crippen LogP contribution in [-0.4, -0.2) is 55.3 Å². The number of hydrogen-bond donors (Lipinski definition) is 1. The fourth-order valence-corrected chi connectivity index (χ4v) is 3.64. The normalized spacial score (nSPS) is 10.9. The highest BCUT2D eigenvalue weighted by atomic mass is 32.2. The summed E-state index contributed by atoms with van der Waals surface area (Å²) in [6.45, 7) is 7.36. The second-order valence-corrected chi connectivity index (χ2v) is 7.63. The molecule has 9 nitrogen and oxygen atoms in total. The Labute approximate surface area is 173 Å². The zero-order valence-electron chi connectivity index (χ0n) is 17.0. The van der Waals surface area contributed by atoms with E-state index in [1.807, 2.05) is 49.7 Å². The number of thioether (sulfide) groups is 1. The van der Waals surface area contributed by atoms with Gasteiger partial charge in [0.2, 0.25) is 11.1 Å². The van der Waals surface area contributed by atoms with Crippen LogP contribution >= 0.6 is 11.8 Å². The van der Waals surface area contributed by atoms with E-state index in [9.17, 15) is 4.79 Å². The average molecular weight is 416 g/mol. The van der Waals surface area contributed by atoms with E-state index in [1.165, 1.54) is 11.8 Å². The van der Waals surface area contributed by atoms with E-state index in [-0.39, 0.29) is 11.7 Å². The SMILES string of the molecule is COc1ccc(C)cc1-n1nnnc1SCC(=O)NCCCn1nc(C)cc1C. The maximum absolute atomic E-state index is 12.2. The standard InChI is InChI=1S/C19H25N7O2S/c1-13-6-7-17(28-4)16(10-13)26-19(21-23-24-26)29-12-18(27)20-8-5-9-25-15(3)11-14(2)22-25/h6-7,10-11H,5,8-9,12H2,1-4H3,(H,20,27). The molecule has 0 aliphatic carbocycles. The molecule has 1 amide bonds. The van der Waals surface area contributed by atoms with Crippen molar-refractivity contribution < 1.29 is 9.53 Å². The lowest BCUT2D eigenvalue weighted by Gasteiger charge is -2.10. The lowest BCUT2D eigenvalue weighted by Crippen LogP contribution is -2.27. The van der Waals surface area contributed by atoms with Crippen molar-refractivity contribution in [1.29, 1.82) is 0 Å². The van der Waals surface area contributed by atoms with Gasteiger partial charge in [-0.1, -0.05) is 17.8 Å². The van der Waals surface area contributed by atoms with Gasteiger partial charge in [-0.2, -0.15) is 9.78 Å². The minimum atomic E-state index is -0.0610. The van der Waals surface area contributed by atoms with Crippen LogP contribution in [0, 0.1) is 20.8 Å². The molecular weight excluding hydrogens is 390 g/mol. The molecule has 0 atom stereocenters. The highest BCUT2D eigenvalue weighted by Gasteiger charge is 2.15. The summed E-state index contributed by atoms with van der Waals surface area (Å²) in [4.78, 5) is 12.2. The number of hydrogen-bond acceptors (Lipinski definition) is 7. The van der Waals surface area contributed by atoms with Gasteiger partial charge in [-0.25, -0.2) is 0 Å². The molecule has 3 aromatic rings.